The first-order valence-corrected chi connectivity index (χ1v) is 10.4. The molecule has 0 fully saturated rings. The smallest absolute Gasteiger partial charge is 0.343 e. The van der Waals surface area contributed by atoms with E-state index < -0.39 is 17.5 Å². The lowest BCUT2D eigenvalue weighted by Gasteiger charge is -2.21. The van der Waals surface area contributed by atoms with Crippen LogP contribution in [-0.2, 0) is 4.79 Å². The predicted molar refractivity (Wildman–Crippen MR) is 126 cm³/mol. The van der Waals surface area contributed by atoms with Gasteiger partial charge in [-0.1, -0.05) is 6.07 Å². The van der Waals surface area contributed by atoms with Crippen LogP contribution in [0.3, 0.4) is 0 Å². The molecule has 1 amide bonds. The van der Waals surface area contributed by atoms with E-state index in [1.54, 1.807) is 43.3 Å². The molecule has 0 bridgehead atoms. The highest BCUT2D eigenvalue weighted by Gasteiger charge is 2.28. The van der Waals surface area contributed by atoms with Gasteiger partial charge >= 0.3 is 5.63 Å². The van der Waals surface area contributed by atoms with Crippen molar-refractivity contribution in [2.24, 2.45) is 0 Å². The highest BCUT2D eigenvalue weighted by molar-refractivity contribution is 5.91. The van der Waals surface area contributed by atoms with Crippen LogP contribution in [0.15, 0.2) is 51.7 Å². The molecule has 2 N–H and O–H groups in total. The van der Waals surface area contributed by atoms with Gasteiger partial charge in [-0.2, -0.15) is 0 Å². The zero-order valence-corrected chi connectivity index (χ0v) is 19.6. The highest BCUT2D eigenvalue weighted by Crippen LogP contribution is 2.43. The fourth-order valence-corrected chi connectivity index (χ4v) is 3.71. The number of ether oxygens (including phenoxy) is 4. The van der Waals surface area contributed by atoms with Crippen LogP contribution in [0.1, 0.15) is 29.2 Å². The average Bonchev–Trinajstić information content (AvgIpc) is 2.81. The number of hydrogen-bond donors (Lipinski definition) is 2. The van der Waals surface area contributed by atoms with Crippen LogP contribution in [0.5, 0.6) is 28.7 Å². The molecule has 3 rings (SSSR count). The van der Waals surface area contributed by atoms with Gasteiger partial charge in [0.15, 0.2) is 11.5 Å². The summed E-state index contributed by atoms with van der Waals surface area (Å²) in [5.41, 5.74) is 0.209. The van der Waals surface area contributed by atoms with Crippen LogP contribution < -0.4 is 29.9 Å². The van der Waals surface area contributed by atoms with Crippen LogP contribution in [0.25, 0.3) is 0 Å². The molecule has 9 heteroatoms. The molecule has 0 spiro atoms. The third kappa shape index (κ3) is 5.25. The van der Waals surface area contributed by atoms with E-state index in [0.29, 0.717) is 34.2 Å². The largest absolute Gasteiger partial charge is 0.507 e. The molecule has 34 heavy (non-hydrogen) atoms. The Kier molecular flexibility index (Phi) is 7.68. The number of amides is 1. The van der Waals surface area contributed by atoms with E-state index in [0.717, 1.165) is 0 Å². The first kappa shape index (κ1) is 24.5. The van der Waals surface area contributed by atoms with Crippen molar-refractivity contribution < 1.29 is 33.3 Å². The van der Waals surface area contributed by atoms with Crippen molar-refractivity contribution in [2.45, 2.75) is 19.3 Å². The number of methoxy groups -OCH3 is 4. The van der Waals surface area contributed by atoms with E-state index in [4.69, 9.17) is 23.4 Å². The number of carbonyl (C=O) groups is 1. The van der Waals surface area contributed by atoms with Gasteiger partial charge in [0.25, 0.3) is 0 Å². The van der Waals surface area contributed by atoms with Crippen LogP contribution in [-0.4, -0.2) is 39.5 Å². The minimum atomic E-state index is -0.879. The van der Waals surface area contributed by atoms with Crippen molar-refractivity contribution in [3.63, 3.8) is 0 Å². The number of carbonyl (C=O) groups excluding carboxylic acids is 1. The maximum absolute atomic E-state index is 13.0. The predicted octanol–water partition coefficient (Wildman–Crippen LogP) is 3.85. The Hall–Kier alpha value is -4.14. The molecule has 0 aliphatic heterocycles. The van der Waals surface area contributed by atoms with Crippen LogP contribution in [0, 0.1) is 6.92 Å². The minimum Gasteiger partial charge on any atom is -0.507 e. The molecule has 1 atom stereocenters. The fraction of sp³-hybridized carbons (Fsp3) is 0.280. The summed E-state index contributed by atoms with van der Waals surface area (Å²) in [7, 11) is 5.92. The Morgan fingerprint density at radius 1 is 1.00 bits per heavy atom. The SMILES string of the molecule is COc1cccc(NC(=O)C[C@@H](c2cc(OC)c(OC)c(OC)c2)c2c(O)cc(C)oc2=O)c1. The van der Waals surface area contributed by atoms with Gasteiger partial charge in [-0.3, -0.25) is 4.79 Å². The van der Waals surface area contributed by atoms with Crippen molar-refractivity contribution >= 4 is 11.6 Å². The first-order valence-electron chi connectivity index (χ1n) is 10.4. The molecule has 2 aromatic carbocycles. The van der Waals surface area contributed by atoms with Crippen molar-refractivity contribution in [3.05, 3.63) is 69.8 Å². The van der Waals surface area contributed by atoms with E-state index in [2.05, 4.69) is 5.32 Å². The molecule has 0 saturated heterocycles. The summed E-state index contributed by atoms with van der Waals surface area (Å²) >= 11 is 0. The van der Waals surface area contributed by atoms with Gasteiger partial charge in [-0.05, 0) is 36.8 Å². The van der Waals surface area contributed by atoms with Gasteiger partial charge in [-0.15, -0.1) is 0 Å². The summed E-state index contributed by atoms with van der Waals surface area (Å²) in [5, 5.41) is 13.4. The van der Waals surface area contributed by atoms with Gasteiger partial charge in [0.05, 0.1) is 34.0 Å². The number of rotatable bonds is 9. The zero-order chi connectivity index (χ0) is 24.8. The van der Waals surface area contributed by atoms with Crippen LogP contribution in [0.4, 0.5) is 5.69 Å². The number of benzene rings is 2. The Morgan fingerprint density at radius 2 is 1.68 bits per heavy atom. The van der Waals surface area contributed by atoms with E-state index in [1.165, 1.54) is 34.5 Å². The molecular weight excluding hydrogens is 442 g/mol. The van der Waals surface area contributed by atoms with Crippen LogP contribution >= 0.6 is 0 Å². The Bertz CT molecular complexity index is 1210. The quantitative estimate of drug-likeness (QED) is 0.485. The average molecular weight is 469 g/mol. The van der Waals surface area contributed by atoms with Gasteiger partial charge in [0, 0.05) is 30.2 Å². The van der Waals surface area contributed by atoms with E-state index in [-0.39, 0.29) is 23.5 Å². The maximum Gasteiger partial charge on any atom is 0.343 e. The molecular formula is C25H27NO8. The molecule has 0 radical (unpaired) electrons. The monoisotopic (exact) mass is 469 g/mol. The number of aromatic hydroxyl groups is 1. The van der Waals surface area contributed by atoms with E-state index >= 15 is 0 Å². The lowest BCUT2D eigenvalue weighted by Crippen LogP contribution is -2.21. The Balaban J connectivity index is 2.09. The Morgan fingerprint density at radius 3 is 2.24 bits per heavy atom. The third-order valence-electron chi connectivity index (χ3n) is 5.27. The zero-order valence-electron chi connectivity index (χ0n) is 19.6. The molecule has 0 aliphatic rings. The second-order valence-electron chi connectivity index (χ2n) is 7.44. The number of hydrogen-bond acceptors (Lipinski definition) is 8. The lowest BCUT2D eigenvalue weighted by molar-refractivity contribution is -0.116. The number of aryl methyl sites for hydroxylation is 1. The van der Waals surface area contributed by atoms with Crippen molar-refractivity contribution in [3.8, 4) is 28.7 Å². The summed E-state index contributed by atoms with van der Waals surface area (Å²) in [5.74, 6) is 0.307. The summed E-state index contributed by atoms with van der Waals surface area (Å²) in [6.07, 6.45) is -0.183. The second-order valence-corrected chi connectivity index (χ2v) is 7.44. The Labute approximate surface area is 196 Å². The van der Waals surface area contributed by atoms with Gasteiger partial charge in [0.2, 0.25) is 11.7 Å². The summed E-state index contributed by atoms with van der Waals surface area (Å²) < 4.78 is 26.7. The summed E-state index contributed by atoms with van der Waals surface area (Å²) in [4.78, 5) is 25.8. The van der Waals surface area contributed by atoms with Gasteiger partial charge in [-0.25, -0.2) is 4.79 Å². The van der Waals surface area contributed by atoms with Gasteiger partial charge < -0.3 is 33.8 Å². The molecule has 1 aromatic heterocycles. The molecule has 1 heterocycles. The van der Waals surface area contributed by atoms with Crippen molar-refractivity contribution in [2.75, 3.05) is 33.8 Å². The summed E-state index contributed by atoms with van der Waals surface area (Å²) in [6, 6.07) is 11.5. The highest BCUT2D eigenvalue weighted by atomic mass is 16.5. The molecule has 180 valence electrons. The standard InChI is InChI=1S/C25H27NO8/c1-14-9-19(27)23(25(29)34-14)18(13-22(28)26-16-7-6-8-17(12-16)30-2)15-10-20(31-3)24(33-5)21(11-15)32-4/h6-12,18,27H,13H2,1-5H3,(H,26,28)/t18-/m0/s1. The van der Waals surface area contributed by atoms with Gasteiger partial charge in [0.1, 0.15) is 17.3 Å². The van der Waals surface area contributed by atoms with Crippen LogP contribution in [0.2, 0.25) is 0 Å². The topological polar surface area (TPSA) is 116 Å². The minimum absolute atomic E-state index is 0.0549. The second kappa shape index (κ2) is 10.7. The molecule has 0 saturated carbocycles. The first-order chi connectivity index (χ1) is 16.3. The third-order valence-corrected chi connectivity index (χ3v) is 5.27. The number of anilines is 1. The number of nitrogens with one attached hydrogen (secondary N) is 1. The van der Waals surface area contributed by atoms with E-state index in [1.807, 2.05) is 0 Å². The fourth-order valence-electron chi connectivity index (χ4n) is 3.71. The normalized spacial score (nSPS) is 11.4. The molecule has 3 aromatic rings. The molecule has 9 nitrogen and oxygen atoms in total. The van der Waals surface area contributed by atoms with Crippen molar-refractivity contribution in [1.29, 1.82) is 0 Å². The maximum atomic E-state index is 13.0. The molecule has 0 unspecified atom stereocenters. The lowest BCUT2D eigenvalue weighted by atomic mass is 9.88. The van der Waals surface area contributed by atoms with E-state index in [9.17, 15) is 14.7 Å². The van der Waals surface area contributed by atoms with Crippen molar-refractivity contribution in [1.82, 2.24) is 0 Å². The summed E-state index contributed by atoms with van der Waals surface area (Å²) in [6.45, 7) is 1.55. The molecule has 0 aliphatic carbocycles.